The number of methoxy groups -OCH3 is 1. The van der Waals surface area contributed by atoms with Gasteiger partial charge in [0.2, 0.25) is 11.8 Å². The van der Waals surface area contributed by atoms with Gasteiger partial charge in [-0.1, -0.05) is 41.9 Å². The fraction of sp³-hybridized carbons (Fsp3) is 0.211. The minimum absolute atomic E-state index is 0.0628. The van der Waals surface area contributed by atoms with E-state index < -0.39 is 17.8 Å². The van der Waals surface area contributed by atoms with Gasteiger partial charge in [-0.15, -0.1) is 0 Å². The van der Waals surface area contributed by atoms with Gasteiger partial charge in [-0.25, -0.2) is 0 Å². The third kappa shape index (κ3) is 2.91. The van der Waals surface area contributed by atoms with Crippen LogP contribution in [0.5, 0.6) is 5.75 Å². The highest BCUT2D eigenvalue weighted by atomic mass is 35.5. The van der Waals surface area contributed by atoms with Crippen LogP contribution in [0.3, 0.4) is 0 Å². The van der Waals surface area contributed by atoms with Crippen LogP contribution in [0.4, 0.5) is 0 Å². The first-order valence-corrected chi connectivity index (χ1v) is 8.18. The molecule has 0 fully saturated rings. The number of hydrogen-bond donors (Lipinski definition) is 2. The van der Waals surface area contributed by atoms with Crippen molar-refractivity contribution in [3.05, 3.63) is 70.1 Å². The molecule has 1 atom stereocenters. The molecule has 6 heteroatoms. The number of fused-ring (bicyclic) bond motifs is 1. The zero-order valence-corrected chi connectivity index (χ0v) is 14.6. The maximum Gasteiger partial charge on any atom is 0.238 e. The molecular weight excluding hydrogens is 342 g/mol. The molecule has 5 nitrogen and oxygen atoms in total. The Bertz CT molecular complexity index is 862. The third-order valence-electron chi connectivity index (χ3n) is 4.39. The summed E-state index contributed by atoms with van der Waals surface area (Å²) < 4.78 is 5.27. The highest BCUT2D eigenvalue weighted by molar-refractivity contribution is 6.31. The number of ether oxygens (including phenoxy) is 1. The van der Waals surface area contributed by atoms with Crippen LogP contribution in [0, 0.1) is 0 Å². The van der Waals surface area contributed by atoms with Gasteiger partial charge in [0, 0.05) is 16.1 Å². The second kappa shape index (κ2) is 6.69. The van der Waals surface area contributed by atoms with Crippen molar-refractivity contribution in [2.24, 2.45) is 0 Å². The number of nitrogens with zero attached hydrogens (tertiary/aromatic N) is 1. The smallest absolute Gasteiger partial charge is 0.238 e. The molecule has 0 saturated carbocycles. The van der Waals surface area contributed by atoms with Crippen LogP contribution in [-0.2, 0) is 11.2 Å². The van der Waals surface area contributed by atoms with Crippen molar-refractivity contribution in [1.29, 1.82) is 0 Å². The minimum atomic E-state index is -0.456. The van der Waals surface area contributed by atoms with Crippen LogP contribution in [0.15, 0.2) is 48.3 Å². The Balaban J connectivity index is 1.98. The van der Waals surface area contributed by atoms with Gasteiger partial charge in [0.15, 0.2) is 5.76 Å². The summed E-state index contributed by atoms with van der Waals surface area (Å²) in [5.41, 5.74) is 1.82. The molecule has 0 bridgehead atoms. The van der Waals surface area contributed by atoms with Crippen LogP contribution < -0.4 is 4.74 Å². The number of aliphatic hydroxyl groups excluding tert-OH is 2. The van der Waals surface area contributed by atoms with Crippen LogP contribution in [0.1, 0.15) is 29.7 Å². The molecule has 0 aliphatic carbocycles. The summed E-state index contributed by atoms with van der Waals surface area (Å²) in [6.45, 7) is 1.79. The standard InChI is InChI=1S/C19H18ClNO4/c1-11-12-6-3-4-7-13(12)18(23)19(24)21(11)17(22)10-14-15(20)8-5-9-16(14)25-2/h3-9,11,23-24H,10H2,1-2H3/t11-/m0/s1. The van der Waals surface area contributed by atoms with Crippen LogP contribution in [-0.4, -0.2) is 28.1 Å². The molecule has 0 radical (unpaired) electrons. The van der Waals surface area contributed by atoms with E-state index in [0.717, 1.165) is 5.56 Å². The first-order chi connectivity index (χ1) is 12.0. The first kappa shape index (κ1) is 17.2. The highest BCUT2D eigenvalue weighted by Gasteiger charge is 2.34. The lowest BCUT2D eigenvalue weighted by Crippen LogP contribution is -2.37. The van der Waals surface area contributed by atoms with E-state index in [2.05, 4.69) is 0 Å². The molecule has 0 aromatic heterocycles. The Morgan fingerprint density at radius 2 is 1.92 bits per heavy atom. The summed E-state index contributed by atoms with van der Waals surface area (Å²) in [6, 6.07) is 11.8. The Morgan fingerprint density at radius 3 is 2.64 bits per heavy atom. The van der Waals surface area contributed by atoms with E-state index in [-0.39, 0.29) is 12.2 Å². The molecule has 2 aromatic rings. The lowest BCUT2D eigenvalue weighted by Gasteiger charge is -2.34. The Labute approximate surface area is 150 Å². The van der Waals surface area contributed by atoms with E-state index in [1.165, 1.54) is 12.0 Å². The lowest BCUT2D eigenvalue weighted by atomic mass is 9.95. The molecule has 3 rings (SSSR count). The van der Waals surface area contributed by atoms with E-state index in [1.54, 1.807) is 37.3 Å². The number of hydrogen-bond acceptors (Lipinski definition) is 4. The maximum absolute atomic E-state index is 12.9. The molecule has 1 aliphatic rings. The average molecular weight is 360 g/mol. The predicted octanol–water partition coefficient (Wildman–Crippen LogP) is 4.24. The van der Waals surface area contributed by atoms with Gasteiger partial charge < -0.3 is 14.9 Å². The molecule has 0 unspecified atom stereocenters. The number of benzene rings is 2. The topological polar surface area (TPSA) is 70.0 Å². The van der Waals surface area contributed by atoms with Crippen LogP contribution in [0.2, 0.25) is 5.02 Å². The number of aliphatic hydroxyl groups is 2. The van der Waals surface area contributed by atoms with E-state index in [1.807, 2.05) is 12.1 Å². The summed E-state index contributed by atoms with van der Waals surface area (Å²) in [4.78, 5) is 14.1. The third-order valence-corrected chi connectivity index (χ3v) is 4.74. The first-order valence-electron chi connectivity index (χ1n) is 7.80. The van der Waals surface area contributed by atoms with Crippen LogP contribution >= 0.6 is 11.6 Å². The Hall–Kier alpha value is -2.66. The summed E-state index contributed by atoms with van der Waals surface area (Å²) in [7, 11) is 1.50. The number of halogens is 1. The van der Waals surface area contributed by atoms with Gasteiger partial charge in [0.25, 0.3) is 0 Å². The molecule has 2 N–H and O–H groups in total. The molecule has 0 saturated heterocycles. The van der Waals surface area contributed by atoms with Crippen molar-refractivity contribution in [2.75, 3.05) is 7.11 Å². The van der Waals surface area contributed by atoms with Crippen molar-refractivity contribution in [3.63, 3.8) is 0 Å². The molecule has 130 valence electrons. The number of rotatable bonds is 3. The Kier molecular flexibility index (Phi) is 4.59. The van der Waals surface area contributed by atoms with Crippen LogP contribution in [0.25, 0.3) is 5.76 Å². The van der Waals surface area contributed by atoms with Crippen molar-refractivity contribution in [2.45, 2.75) is 19.4 Å². The second-order valence-corrected chi connectivity index (χ2v) is 6.20. The highest BCUT2D eigenvalue weighted by Crippen LogP contribution is 2.37. The lowest BCUT2D eigenvalue weighted by molar-refractivity contribution is -0.132. The molecule has 1 heterocycles. The van der Waals surface area contributed by atoms with Gasteiger partial charge in [0.05, 0.1) is 19.6 Å². The molecular formula is C19H18ClNO4. The molecule has 0 spiro atoms. The van der Waals surface area contributed by atoms with E-state index in [9.17, 15) is 15.0 Å². The van der Waals surface area contributed by atoms with Gasteiger partial charge in [-0.05, 0) is 24.6 Å². The summed E-state index contributed by atoms with van der Waals surface area (Å²) >= 11 is 6.20. The molecule has 1 aliphatic heterocycles. The van der Waals surface area contributed by atoms with Crippen molar-refractivity contribution < 1.29 is 19.7 Å². The fourth-order valence-corrected chi connectivity index (χ4v) is 3.34. The molecule has 25 heavy (non-hydrogen) atoms. The maximum atomic E-state index is 12.9. The van der Waals surface area contributed by atoms with Gasteiger partial charge in [-0.3, -0.25) is 9.69 Å². The van der Waals surface area contributed by atoms with Gasteiger partial charge >= 0.3 is 0 Å². The average Bonchev–Trinajstić information content (AvgIpc) is 2.61. The van der Waals surface area contributed by atoms with E-state index in [4.69, 9.17) is 16.3 Å². The fourth-order valence-electron chi connectivity index (χ4n) is 3.11. The SMILES string of the molecule is COc1cccc(Cl)c1CC(=O)N1C(O)=C(O)c2ccccc2[C@@H]1C. The van der Waals surface area contributed by atoms with E-state index >= 15 is 0 Å². The Morgan fingerprint density at radius 1 is 1.20 bits per heavy atom. The summed E-state index contributed by atoms with van der Waals surface area (Å²) in [5, 5.41) is 21.1. The van der Waals surface area contributed by atoms with Crippen molar-refractivity contribution in [1.82, 2.24) is 4.90 Å². The van der Waals surface area contributed by atoms with E-state index in [0.29, 0.717) is 21.9 Å². The number of carbonyl (C=O) groups is 1. The normalized spacial score (nSPS) is 16.6. The zero-order chi connectivity index (χ0) is 18.1. The van der Waals surface area contributed by atoms with Crippen molar-refractivity contribution >= 4 is 23.3 Å². The summed E-state index contributed by atoms with van der Waals surface area (Å²) in [5.74, 6) is -0.661. The molecule has 1 amide bonds. The van der Waals surface area contributed by atoms with Gasteiger partial charge in [-0.2, -0.15) is 0 Å². The minimum Gasteiger partial charge on any atom is -0.503 e. The van der Waals surface area contributed by atoms with Crippen molar-refractivity contribution in [3.8, 4) is 5.75 Å². The van der Waals surface area contributed by atoms with Gasteiger partial charge in [0.1, 0.15) is 5.75 Å². The zero-order valence-electron chi connectivity index (χ0n) is 13.9. The predicted molar refractivity (Wildman–Crippen MR) is 95.6 cm³/mol. The monoisotopic (exact) mass is 359 g/mol. The molecule has 2 aromatic carbocycles. The second-order valence-electron chi connectivity index (χ2n) is 5.80. The number of carbonyl (C=O) groups excluding carboxylic acids is 1. The number of amides is 1. The largest absolute Gasteiger partial charge is 0.503 e. The quantitative estimate of drug-likeness (QED) is 0.860. The summed E-state index contributed by atoms with van der Waals surface area (Å²) in [6.07, 6.45) is -0.0628.